The zero-order valence-electron chi connectivity index (χ0n) is 12.1. The van der Waals surface area contributed by atoms with E-state index in [0.717, 1.165) is 29.7 Å². The molecule has 112 valence electrons. The summed E-state index contributed by atoms with van der Waals surface area (Å²) in [5.74, 6) is 1.49. The predicted molar refractivity (Wildman–Crippen MR) is 83.6 cm³/mol. The molecule has 0 spiro atoms. The Morgan fingerprint density at radius 1 is 1.38 bits per heavy atom. The SMILES string of the molecule is CCNC(c1cc2cccc(Cl)c2o1)C1CC2CCC1O2. The zero-order chi connectivity index (χ0) is 14.4. The van der Waals surface area contributed by atoms with Gasteiger partial charge in [0.1, 0.15) is 5.76 Å². The number of fused-ring (bicyclic) bond motifs is 3. The van der Waals surface area contributed by atoms with Gasteiger partial charge in [-0.25, -0.2) is 0 Å². The Bertz CT molecular complexity index is 653. The highest BCUT2D eigenvalue weighted by Crippen LogP contribution is 2.45. The van der Waals surface area contributed by atoms with Crippen molar-refractivity contribution in [2.75, 3.05) is 6.54 Å². The van der Waals surface area contributed by atoms with Gasteiger partial charge in [-0.3, -0.25) is 0 Å². The molecule has 4 atom stereocenters. The molecule has 0 saturated carbocycles. The molecule has 1 N–H and O–H groups in total. The summed E-state index contributed by atoms with van der Waals surface area (Å²) in [6, 6.07) is 8.23. The number of rotatable bonds is 4. The van der Waals surface area contributed by atoms with Crippen LogP contribution in [0, 0.1) is 5.92 Å². The smallest absolute Gasteiger partial charge is 0.152 e. The minimum atomic E-state index is 0.216. The van der Waals surface area contributed by atoms with Crippen LogP contribution in [0.3, 0.4) is 0 Å². The molecule has 2 aliphatic rings. The van der Waals surface area contributed by atoms with Crippen molar-refractivity contribution in [2.24, 2.45) is 5.92 Å². The molecule has 2 fully saturated rings. The second-order valence-electron chi connectivity index (χ2n) is 6.12. The third-order valence-electron chi connectivity index (χ3n) is 4.83. The average Bonchev–Trinajstić information content (AvgIpc) is 3.19. The molecule has 21 heavy (non-hydrogen) atoms. The highest BCUT2D eigenvalue weighted by Gasteiger charge is 2.45. The number of ether oxygens (including phenoxy) is 1. The third-order valence-corrected chi connectivity index (χ3v) is 5.12. The van der Waals surface area contributed by atoms with E-state index < -0.39 is 0 Å². The van der Waals surface area contributed by atoms with Crippen molar-refractivity contribution in [1.29, 1.82) is 0 Å². The maximum absolute atomic E-state index is 6.24. The standard InChI is InChI=1S/C17H20ClNO2/c1-2-19-16(12-9-11-6-7-14(12)20-11)15-8-10-4-3-5-13(18)17(10)21-15/h3-5,8,11-12,14,16,19H,2,6-7,9H2,1H3. The molecule has 4 heteroatoms. The van der Waals surface area contributed by atoms with Crippen molar-refractivity contribution >= 4 is 22.6 Å². The van der Waals surface area contributed by atoms with Gasteiger partial charge in [0.2, 0.25) is 0 Å². The van der Waals surface area contributed by atoms with E-state index in [1.807, 2.05) is 12.1 Å². The van der Waals surface area contributed by atoms with Gasteiger partial charge in [-0.05, 0) is 37.9 Å². The molecule has 2 aliphatic heterocycles. The summed E-state index contributed by atoms with van der Waals surface area (Å²) in [7, 11) is 0. The highest BCUT2D eigenvalue weighted by molar-refractivity contribution is 6.34. The Hall–Kier alpha value is -1.03. The Morgan fingerprint density at radius 2 is 2.29 bits per heavy atom. The molecule has 0 radical (unpaired) electrons. The second kappa shape index (κ2) is 5.31. The molecule has 2 saturated heterocycles. The summed E-state index contributed by atoms with van der Waals surface area (Å²) < 4.78 is 12.1. The van der Waals surface area contributed by atoms with Gasteiger partial charge in [-0.15, -0.1) is 0 Å². The number of para-hydroxylation sites is 1. The number of halogens is 1. The lowest BCUT2D eigenvalue weighted by Crippen LogP contribution is -2.33. The molecule has 1 aromatic carbocycles. The van der Waals surface area contributed by atoms with Gasteiger partial charge in [0.25, 0.3) is 0 Å². The minimum Gasteiger partial charge on any atom is -0.458 e. The second-order valence-corrected chi connectivity index (χ2v) is 6.52. The molecule has 1 aromatic heterocycles. The molecule has 2 aromatic rings. The normalized spacial score (nSPS) is 29.3. The molecule has 4 unspecified atom stereocenters. The molecule has 0 amide bonds. The summed E-state index contributed by atoms with van der Waals surface area (Å²) >= 11 is 6.24. The van der Waals surface area contributed by atoms with Crippen molar-refractivity contribution in [3.05, 3.63) is 35.0 Å². The number of benzene rings is 1. The van der Waals surface area contributed by atoms with Gasteiger partial charge in [0.15, 0.2) is 5.58 Å². The summed E-state index contributed by atoms with van der Waals surface area (Å²) in [4.78, 5) is 0. The summed E-state index contributed by atoms with van der Waals surface area (Å²) in [5, 5.41) is 5.34. The molecule has 3 heterocycles. The van der Waals surface area contributed by atoms with Crippen molar-refractivity contribution in [3.8, 4) is 0 Å². The van der Waals surface area contributed by atoms with Crippen LogP contribution in [0.2, 0.25) is 5.02 Å². The first kappa shape index (κ1) is 13.6. The highest BCUT2D eigenvalue weighted by atomic mass is 35.5. The van der Waals surface area contributed by atoms with Gasteiger partial charge in [0, 0.05) is 11.3 Å². The Labute approximate surface area is 129 Å². The first-order valence-corrected chi connectivity index (χ1v) is 8.21. The van der Waals surface area contributed by atoms with Crippen molar-refractivity contribution < 1.29 is 9.15 Å². The quantitative estimate of drug-likeness (QED) is 0.914. The molecular weight excluding hydrogens is 286 g/mol. The lowest BCUT2D eigenvalue weighted by molar-refractivity contribution is 0.0840. The first-order valence-electron chi connectivity index (χ1n) is 7.83. The van der Waals surface area contributed by atoms with Gasteiger partial charge < -0.3 is 14.5 Å². The van der Waals surface area contributed by atoms with E-state index in [1.165, 1.54) is 12.8 Å². The van der Waals surface area contributed by atoms with Crippen LogP contribution in [0.5, 0.6) is 0 Å². The maximum atomic E-state index is 6.24. The van der Waals surface area contributed by atoms with E-state index in [9.17, 15) is 0 Å². The lowest BCUT2D eigenvalue weighted by Gasteiger charge is -2.27. The fourth-order valence-electron chi connectivity index (χ4n) is 3.91. The molecule has 2 bridgehead atoms. The number of nitrogens with one attached hydrogen (secondary N) is 1. The topological polar surface area (TPSA) is 34.4 Å². The summed E-state index contributed by atoms with van der Waals surface area (Å²) in [6.07, 6.45) is 4.36. The van der Waals surface area contributed by atoms with E-state index in [2.05, 4.69) is 24.4 Å². The van der Waals surface area contributed by atoms with Crippen molar-refractivity contribution in [1.82, 2.24) is 5.32 Å². The summed E-state index contributed by atoms with van der Waals surface area (Å²) in [6.45, 7) is 3.06. The first-order chi connectivity index (χ1) is 10.3. The van der Waals surface area contributed by atoms with Gasteiger partial charge >= 0.3 is 0 Å². The fraction of sp³-hybridized carbons (Fsp3) is 0.529. The van der Waals surface area contributed by atoms with E-state index in [0.29, 0.717) is 23.1 Å². The Kier molecular flexibility index (Phi) is 3.44. The van der Waals surface area contributed by atoms with Crippen LogP contribution in [-0.4, -0.2) is 18.8 Å². The minimum absolute atomic E-state index is 0.216. The van der Waals surface area contributed by atoms with Crippen LogP contribution in [0.15, 0.2) is 28.7 Å². The number of hydrogen-bond donors (Lipinski definition) is 1. The van der Waals surface area contributed by atoms with E-state index in [1.54, 1.807) is 0 Å². The fourth-order valence-corrected chi connectivity index (χ4v) is 4.13. The predicted octanol–water partition coefficient (Wildman–Crippen LogP) is 4.30. The van der Waals surface area contributed by atoms with Crippen LogP contribution in [0.25, 0.3) is 11.0 Å². The molecule has 0 aliphatic carbocycles. The van der Waals surface area contributed by atoms with Gasteiger partial charge in [0.05, 0.1) is 23.3 Å². The van der Waals surface area contributed by atoms with Crippen molar-refractivity contribution in [2.45, 2.75) is 44.4 Å². The Morgan fingerprint density at radius 3 is 2.95 bits per heavy atom. The van der Waals surface area contributed by atoms with Crippen LogP contribution >= 0.6 is 11.6 Å². The van der Waals surface area contributed by atoms with Crippen LogP contribution in [0.4, 0.5) is 0 Å². The van der Waals surface area contributed by atoms with E-state index in [-0.39, 0.29) is 6.04 Å². The van der Waals surface area contributed by atoms with E-state index >= 15 is 0 Å². The van der Waals surface area contributed by atoms with Gasteiger partial charge in [-0.2, -0.15) is 0 Å². The average molecular weight is 306 g/mol. The Balaban J connectivity index is 1.70. The molecule has 4 rings (SSSR count). The van der Waals surface area contributed by atoms with E-state index in [4.69, 9.17) is 20.8 Å². The molecule has 3 nitrogen and oxygen atoms in total. The monoisotopic (exact) mass is 305 g/mol. The maximum Gasteiger partial charge on any atom is 0.152 e. The zero-order valence-corrected chi connectivity index (χ0v) is 12.9. The van der Waals surface area contributed by atoms with Gasteiger partial charge in [-0.1, -0.05) is 30.7 Å². The van der Waals surface area contributed by atoms with Crippen LogP contribution in [0.1, 0.15) is 38.0 Å². The largest absolute Gasteiger partial charge is 0.458 e. The van der Waals surface area contributed by atoms with Crippen LogP contribution < -0.4 is 5.32 Å². The number of hydrogen-bond acceptors (Lipinski definition) is 3. The lowest BCUT2D eigenvalue weighted by atomic mass is 9.83. The number of furan rings is 1. The third kappa shape index (κ3) is 2.28. The molecular formula is C17H20ClNO2. The van der Waals surface area contributed by atoms with Crippen molar-refractivity contribution in [3.63, 3.8) is 0 Å². The van der Waals surface area contributed by atoms with Crippen LogP contribution in [-0.2, 0) is 4.74 Å². The summed E-state index contributed by atoms with van der Waals surface area (Å²) in [5.41, 5.74) is 0.793.